The van der Waals surface area contributed by atoms with E-state index in [0.717, 1.165) is 134 Å². The molecule has 148 heavy (non-hydrogen) atoms. The number of furan rings is 2. The lowest BCUT2D eigenvalue weighted by Gasteiger charge is -2.29. The van der Waals surface area contributed by atoms with Crippen molar-refractivity contribution in [2.75, 3.05) is 19.6 Å². The van der Waals surface area contributed by atoms with Gasteiger partial charge in [0.15, 0.2) is 0 Å². The van der Waals surface area contributed by atoms with Gasteiger partial charge in [0.2, 0.25) is 0 Å². The number of hydrogen-bond donors (Lipinski definition) is 0. The molecule has 706 valence electrons. The monoisotopic (exact) mass is 1940 g/mol. The first-order valence-corrected chi connectivity index (χ1v) is 53.2. The van der Waals surface area contributed by atoms with Crippen LogP contribution in [0.5, 0.6) is 0 Å². The fraction of sp³-hybridized carbons (Fsp3) is 0.101. The van der Waals surface area contributed by atoms with Crippen LogP contribution in [0.3, 0.4) is 0 Å². The van der Waals surface area contributed by atoms with Crippen molar-refractivity contribution in [3.05, 3.63) is 458 Å². The van der Waals surface area contributed by atoms with Crippen molar-refractivity contribution in [1.82, 2.24) is 8.80 Å². The van der Waals surface area contributed by atoms with Gasteiger partial charge in [-0.25, -0.2) is 0 Å². The van der Waals surface area contributed by atoms with Gasteiger partial charge < -0.3 is 32.8 Å². The molecule has 0 radical (unpaired) electrons. The van der Waals surface area contributed by atoms with Gasteiger partial charge in [-0.15, -0.1) is 22.7 Å². The predicted octanol–water partition coefficient (Wildman–Crippen LogP) is 40.3. The number of anilines is 12. The Bertz CT molecular complexity index is 10500. The van der Waals surface area contributed by atoms with Crippen LogP contribution in [-0.2, 0) is 21.7 Å². The second-order valence-corrected chi connectivity index (χ2v) is 46.0. The third kappa shape index (κ3) is 12.9. The van der Waals surface area contributed by atoms with Crippen LogP contribution in [0.2, 0.25) is 0 Å². The molecule has 8 aromatic heterocycles. The number of rotatable bonds is 15. The van der Waals surface area contributed by atoms with Gasteiger partial charge in [-0.1, -0.05) is 300 Å². The normalized spacial score (nSPS) is 13.4. The third-order valence-electron chi connectivity index (χ3n) is 32.6. The van der Waals surface area contributed by atoms with E-state index in [4.69, 9.17) is 8.83 Å². The van der Waals surface area contributed by atoms with E-state index in [1.165, 1.54) is 162 Å². The summed E-state index contributed by atoms with van der Waals surface area (Å²) in [5.74, 6) is 0. The quantitative estimate of drug-likeness (QED) is 0.102. The summed E-state index contributed by atoms with van der Waals surface area (Å²) in [6.45, 7) is 23.3. The summed E-state index contributed by atoms with van der Waals surface area (Å²) in [4.78, 5) is 11.1. The van der Waals surface area contributed by atoms with Gasteiger partial charge in [-0.3, -0.25) is 4.40 Å². The van der Waals surface area contributed by atoms with Gasteiger partial charge in [0.05, 0.1) is 38.0 Å². The Kier molecular flexibility index (Phi) is 18.4. The first-order chi connectivity index (χ1) is 72.1. The number of hydrogen-bond acceptors (Lipinski definition) is 8. The van der Waals surface area contributed by atoms with Gasteiger partial charge in [0, 0.05) is 165 Å². The molecule has 0 N–H and O–H groups in total. The molecule has 30 rings (SSSR count). The van der Waals surface area contributed by atoms with Crippen molar-refractivity contribution in [2.45, 2.75) is 90.9 Å². The van der Waals surface area contributed by atoms with Crippen molar-refractivity contribution < 1.29 is 8.83 Å². The van der Waals surface area contributed by atoms with Crippen molar-refractivity contribution in [2.24, 2.45) is 0 Å². The number of para-hydroxylation sites is 3. The first kappa shape index (κ1) is 86.2. The van der Waals surface area contributed by atoms with E-state index in [9.17, 15) is 0 Å². The minimum Gasteiger partial charge on any atom is -0.456 e. The van der Waals surface area contributed by atoms with E-state index in [2.05, 4.69) is 522 Å². The fourth-order valence-electron chi connectivity index (χ4n) is 25.3. The van der Waals surface area contributed by atoms with E-state index in [1.54, 1.807) is 0 Å². The zero-order valence-electron chi connectivity index (χ0n) is 83.7. The van der Waals surface area contributed by atoms with Gasteiger partial charge in [-0.2, -0.15) is 0 Å². The Morgan fingerprint density at radius 1 is 0.230 bits per heavy atom. The van der Waals surface area contributed by atoms with Crippen LogP contribution in [0, 0.1) is 0 Å². The van der Waals surface area contributed by atoms with Crippen LogP contribution in [0.1, 0.15) is 103 Å². The first-order valence-electron chi connectivity index (χ1n) is 51.5. The van der Waals surface area contributed by atoms with E-state index in [-0.39, 0.29) is 21.7 Å². The average molecular weight is 1940 g/mol. The van der Waals surface area contributed by atoms with E-state index in [0.29, 0.717) is 0 Å². The number of aromatic nitrogens is 2. The van der Waals surface area contributed by atoms with Crippen LogP contribution in [0.25, 0.3) is 195 Å². The molecule has 0 atom stereocenters. The molecule has 0 aliphatic heterocycles. The largest absolute Gasteiger partial charge is 0.456 e. The molecule has 8 heterocycles. The molecule has 0 saturated heterocycles. The molecule has 0 amide bonds. The highest BCUT2D eigenvalue weighted by Crippen LogP contribution is 2.59. The Morgan fingerprint density at radius 2 is 0.649 bits per heavy atom. The highest BCUT2D eigenvalue weighted by molar-refractivity contribution is 7.27. The van der Waals surface area contributed by atoms with Gasteiger partial charge in [-0.05, 0) is 282 Å². The predicted molar refractivity (Wildman–Crippen MR) is 629 cm³/mol. The molecule has 20 aromatic carbocycles. The van der Waals surface area contributed by atoms with E-state index in [1.807, 2.05) is 22.7 Å². The molecule has 10 heteroatoms. The van der Waals surface area contributed by atoms with Crippen LogP contribution >= 0.6 is 22.7 Å². The maximum atomic E-state index is 7.07. The standard InChI is InChI=1S/C138H100N6O2S2/c1-135(2,3)87-31-24-35-91(72-87)139(99-57-64-110-127(80-99)147-133-112-65-67-121(129-108-40-16-20-45-119(108)143(131(112)129)132(110)133)142(92-36-25-32-88(73-92)136(4,5)6)90-34-23-29-84(70-90)81-27-12-11-13-28-81)89-33-22-30-85(69-89)82-47-49-83(50-48-82)86-51-68-123-114(71-86)106-62-55-96(78-125(106)146-123)140(94-52-59-102-100-37-14-18-43-115(100)137(7,8)117(102)75-94)93-58-66-120-113(74-93)107-41-26-42-111-128-109-63-56-98(79-126(109)148-134(128)144(120)130(107)111)141(97-54-61-105-104-39-17-21-46-122(104)145-124(105)77-97)95-53-60-103-101-38-15-19-44-116(101)138(9,10)118(103)76-95/h11-80H,1-10H3. The number of fused-ring (bicyclic) bond motifs is 28. The molecule has 28 aromatic rings. The van der Waals surface area contributed by atoms with Gasteiger partial charge >= 0.3 is 0 Å². The molecule has 0 unspecified atom stereocenters. The summed E-state index contributed by atoms with van der Waals surface area (Å²) in [5.41, 5.74) is 42.0. The Labute approximate surface area is 865 Å². The second-order valence-electron chi connectivity index (χ2n) is 43.9. The lowest BCUT2D eigenvalue weighted by Crippen LogP contribution is -2.16. The SMILES string of the molecule is CC(C)(C)c1cccc(N(c2cccc(-c3ccc(-c4ccc5oc6cc(N(c7ccc8c(c7)C(C)(C)c7ccccc7-8)c7ccc8c(c7)c7cccc9c%10c%11ccc(N(c%12ccc%13c(c%12)C(C)(C)c%12ccccc%12-%13)c%12ccc%13c(c%12)oc%12ccccc%12%13)cc%11sc%10n8c79)ccc6c5c4)cc3)c2)c2ccc3c(c2)sc2c4ccc(N(c5cccc(-c6ccccc6)c5)c5cccc(C(C)(C)C)c5)c5c6ccccc6n(c32)c45)c1. The molecule has 0 fully saturated rings. The number of benzene rings is 20. The molecule has 2 aliphatic rings. The summed E-state index contributed by atoms with van der Waals surface area (Å²) in [5, 5.41) is 15.5. The molecular formula is C138H100N6O2S2. The van der Waals surface area contributed by atoms with Crippen LogP contribution < -0.4 is 19.6 Å². The number of nitrogens with zero attached hydrogens (tertiary/aromatic N) is 6. The maximum Gasteiger partial charge on any atom is 0.137 e. The van der Waals surface area contributed by atoms with E-state index >= 15 is 0 Å². The Morgan fingerprint density at radius 3 is 1.28 bits per heavy atom. The molecular weight excluding hydrogens is 1840 g/mol. The second kappa shape index (κ2) is 31.6. The Balaban J connectivity index is 0.491. The third-order valence-corrected chi connectivity index (χ3v) is 34.9. The summed E-state index contributed by atoms with van der Waals surface area (Å²) in [6.07, 6.45) is 0. The van der Waals surface area contributed by atoms with Crippen molar-refractivity contribution in [3.63, 3.8) is 0 Å². The molecule has 0 spiro atoms. The summed E-state index contributed by atoms with van der Waals surface area (Å²) in [7, 11) is 0. The summed E-state index contributed by atoms with van der Waals surface area (Å²) in [6, 6.07) is 159. The zero-order chi connectivity index (χ0) is 99.0. The fourth-order valence-corrected chi connectivity index (χ4v) is 27.8. The van der Waals surface area contributed by atoms with Gasteiger partial charge in [0.1, 0.15) is 27.2 Å². The van der Waals surface area contributed by atoms with Gasteiger partial charge in [0.25, 0.3) is 0 Å². The van der Waals surface area contributed by atoms with Crippen molar-refractivity contribution in [3.8, 4) is 55.6 Å². The lowest BCUT2D eigenvalue weighted by atomic mass is 9.82. The smallest absolute Gasteiger partial charge is 0.137 e. The topological polar surface area (TPSA) is 48.1 Å². The Hall–Kier alpha value is -17.3. The summed E-state index contributed by atoms with van der Waals surface area (Å²) < 4.78 is 22.6. The minimum atomic E-state index is -0.228. The van der Waals surface area contributed by atoms with Crippen LogP contribution in [0.15, 0.2) is 433 Å². The van der Waals surface area contributed by atoms with E-state index < -0.39 is 0 Å². The molecule has 2 aliphatic carbocycles. The average Bonchev–Trinajstić information content (AvgIpc) is 1.53. The minimum absolute atomic E-state index is 0.0540. The van der Waals surface area contributed by atoms with Crippen molar-refractivity contribution in [1.29, 1.82) is 0 Å². The molecule has 0 bridgehead atoms. The highest BCUT2D eigenvalue weighted by atomic mass is 32.1. The van der Waals surface area contributed by atoms with Crippen molar-refractivity contribution >= 4 is 230 Å². The maximum absolute atomic E-state index is 7.07. The van der Waals surface area contributed by atoms with Crippen LogP contribution in [0.4, 0.5) is 68.2 Å². The van der Waals surface area contributed by atoms with Crippen LogP contribution in [-0.4, -0.2) is 8.80 Å². The lowest BCUT2D eigenvalue weighted by molar-refractivity contribution is 0.590. The highest BCUT2D eigenvalue weighted by Gasteiger charge is 2.40. The molecule has 0 saturated carbocycles. The molecule has 8 nitrogen and oxygen atoms in total. The summed E-state index contributed by atoms with van der Waals surface area (Å²) >= 11 is 3.79. The zero-order valence-corrected chi connectivity index (χ0v) is 85.4. The number of thiophene rings is 2.